The molecule has 1 unspecified atom stereocenters. The normalized spacial score (nSPS) is 12.4. The largest absolute Gasteiger partial charge is 0.377 e. The molecule has 6 nitrogen and oxygen atoms in total. The molecule has 3 N–H and O–H groups in total. The van der Waals surface area contributed by atoms with Crippen molar-refractivity contribution >= 4 is 22.6 Å². The van der Waals surface area contributed by atoms with Crippen molar-refractivity contribution in [1.82, 2.24) is 20.0 Å². The molecule has 0 amide bonds. The molecule has 0 aliphatic heterocycles. The van der Waals surface area contributed by atoms with E-state index in [1.165, 1.54) is 4.68 Å². The van der Waals surface area contributed by atoms with Crippen molar-refractivity contribution in [1.29, 1.82) is 0 Å². The molecule has 2 heterocycles. The summed E-state index contributed by atoms with van der Waals surface area (Å²) in [5, 5.41) is 23.9. The van der Waals surface area contributed by atoms with Crippen LogP contribution in [0.3, 0.4) is 0 Å². The molecule has 0 aliphatic rings. The maximum absolute atomic E-state index is 9.58. The van der Waals surface area contributed by atoms with E-state index < -0.39 is 6.23 Å². The van der Waals surface area contributed by atoms with Gasteiger partial charge < -0.3 is 10.8 Å². The van der Waals surface area contributed by atoms with Crippen LogP contribution in [0.2, 0.25) is 5.02 Å². The maximum Gasteiger partial charge on any atom is 0.182 e. The molecular formula is C19H16ClN5O. The van der Waals surface area contributed by atoms with Crippen LogP contribution in [-0.2, 0) is 6.54 Å². The summed E-state index contributed by atoms with van der Waals surface area (Å²) in [5.74, 6) is 0. The average molecular weight is 366 g/mol. The minimum absolute atomic E-state index is 0.0963. The van der Waals surface area contributed by atoms with Gasteiger partial charge in [-0.2, -0.15) is 5.10 Å². The van der Waals surface area contributed by atoms with Crippen molar-refractivity contribution < 1.29 is 5.11 Å². The summed E-state index contributed by atoms with van der Waals surface area (Å²) in [6.45, 7) is 0.0963. The highest BCUT2D eigenvalue weighted by Crippen LogP contribution is 2.37. The summed E-state index contributed by atoms with van der Waals surface area (Å²) >= 11 is 6.73. The maximum atomic E-state index is 9.58. The van der Waals surface area contributed by atoms with Crippen molar-refractivity contribution in [3.63, 3.8) is 0 Å². The second kappa shape index (κ2) is 6.84. The Bertz CT molecular complexity index is 1050. The zero-order chi connectivity index (χ0) is 18.1. The Morgan fingerprint density at radius 3 is 2.08 bits per heavy atom. The van der Waals surface area contributed by atoms with Crippen molar-refractivity contribution in [2.75, 3.05) is 0 Å². The third-order valence-corrected chi connectivity index (χ3v) is 4.42. The molecule has 0 spiro atoms. The number of aliphatic hydroxyl groups excluding tert-OH is 1. The second-order valence-corrected chi connectivity index (χ2v) is 6.27. The molecule has 0 saturated heterocycles. The fourth-order valence-electron chi connectivity index (χ4n) is 2.90. The molecule has 7 heteroatoms. The lowest BCUT2D eigenvalue weighted by Crippen LogP contribution is -2.26. The topological polar surface area (TPSA) is 89.8 Å². The van der Waals surface area contributed by atoms with Gasteiger partial charge in [-0.15, -0.1) is 10.2 Å². The van der Waals surface area contributed by atoms with Crippen LogP contribution in [0.4, 0.5) is 0 Å². The summed E-state index contributed by atoms with van der Waals surface area (Å²) in [4.78, 5) is 0. The summed E-state index contributed by atoms with van der Waals surface area (Å²) in [6, 6.07) is 19.3. The predicted octanol–water partition coefficient (Wildman–Crippen LogP) is 3.09. The number of benzene rings is 2. The highest BCUT2D eigenvalue weighted by atomic mass is 35.5. The lowest BCUT2D eigenvalue weighted by atomic mass is 10.1. The Balaban J connectivity index is 2.00. The number of nitrogens with zero attached hydrogens (tertiary/aromatic N) is 4. The monoisotopic (exact) mass is 365 g/mol. The lowest BCUT2D eigenvalue weighted by Gasteiger charge is -2.06. The zero-order valence-electron chi connectivity index (χ0n) is 13.7. The lowest BCUT2D eigenvalue weighted by molar-refractivity contribution is 0.158. The van der Waals surface area contributed by atoms with Gasteiger partial charge in [0.25, 0.3) is 0 Å². The van der Waals surface area contributed by atoms with Gasteiger partial charge in [-0.25, -0.2) is 4.68 Å². The fourth-order valence-corrected chi connectivity index (χ4v) is 3.22. The van der Waals surface area contributed by atoms with Crippen LogP contribution in [0.25, 0.3) is 33.5 Å². The molecule has 0 bridgehead atoms. The van der Waals surface area contributed by atoms with Gasteiger partial charge in [0.1, 0.15) is 17.6 Å². The van der Waals surface area contributed by atoms with Crippen LogP contribution in [0.15, 0.2) is 60.7 Å². The van der Waals surface area contributed by atoms with Gasteiger partial charge in [0.15, 0.2) is 5.65 Å². The summed E-state index contributed by atoms with van der Waals surface area (Å²) < 4.78 is 1.54. The summed E-state index contributed by atoms with van der Waals surface area (Å²) in [6.07, 6.45) is -1.06. The van der Waals surface area contributed by atoms with Crippen molar-refractivity contribution in [2.45, 2.75) is 12.8 Å². The van der Waals surface area contributed by atoms with Gasteiger partial charge in [0, 0.05) is 11.1 Å². The molecule has 1 atom stereocenters. The van der Waals surface area contributed by atoms with E-state index >= 15 is 0 Å². The molecule has 0 radical (unpaired) electrons. The molecular weight excluding hydrogens is 350 g/mol. The van der Waals surface area contributed by atoms with Crippen LogP contribution in [0, 0.1) is 0 Å². The zero-order valence-corrected chi connectivity index (χ0v) is 14.5. The van der Waals surface area contributed by atoms with Crippen LogP contribution < -0.4 is 5.73 Å². The van der Waals surface area contributed by atoms with Gasteiger partial charge in [0.2, 0.25) is 0 Å². The SMILES string of the molecule is NC(O)Cn1nc(-c2ccccc2)c2c(Cl)c(-c3ccccc3)nnc21. The third-order valence-electron chi connectivity index (χ3n) is 4.05. The standard InChI is InChI=1S/C19H16ClN5O/c20-16-15-17(12-7-3-1-4-8-12)24-25(11-14(21)26)19(15)23-22-18(16)13-9-5-2-6-10-13/h1-10,14,26H,11,21H2. The quantitative estimate of drug-likeness (QED) is 0.542. The fraction of sp³-hybridized carbons (Fsp3) is 0.105. The van der Waals surface area contributed by atoms with E-state index in [0.29, 0.717) is 27.4 Å². The summed E-state index contributed by atoms with van der Waals surface area (Å²) in [5.41, 5.74) is 9.06. The average Bonchev–Trinajstić information content (AvgIpc) is 3.02. The molecule has 0 aliphatic carbocycles. The number of hydrogen-bond acceptors (Lipinski definition) is 5. The van der Waals surface area contributed by atoms with Gasteiger partial charge in [-0.1, -0.05) is 72.3 Å². The number of halogens is 1. The minimum Gasteiger partial charge on any atom is -0.377 e. The number of aromatic nitrogens is 4. The first-order valence-electron chi connectivity index (χ1n) is 8.12. The first-order valence-corrected chi connectivity index (χ1v) is 8.50. The van der Waals surface area contributed by atoms with E-state index in [-0.39, 0.29) is 6.54 Å². The van der Waals surface area contributed by atoms with Gasteiger partial charge in [-0.3, -0.25) is 0 Å². The summed E-state index contributed by atoms with van der Waals surface area (Å²) in [7, 11) is 0. The van der Waals surface area contributed by atoms with Crippen LogP contribution in [0.1, 0.15) is 0 Å². The van der Waals surface area contributed by atoms with Crippen LogP contribution in [0.5, 0.6) is 0 Å². The van der Waals surface area contributed by atoms with E-state index in [1.54, 1.807) is 0 Å². The minimum atomic E-state index is -1.06. The first-order chi connectivity index (χ1) is 12.6. The second-order valence-electron chi connectivity index (χ2n) is 5.89. The number of hydrogen-bond donors (Lipinski definition) is 2. The van der Waals surface area contributed by atoms with Crippen LogP contribution >= 0.6 is 11.6 Å². The Morgan fingerprint density at radius 1 is 0.923 bits per heavy atom. The molecule has 4 rings (SSSR count). The molecule has 130 valence electrons. The van der Waals surface area contributed by atoms with Gasteiger partial charge in [-0.05, 0) is 0 Å². The highest BCUT2D eigenvalue weighted by molar-refractivity contribution is 6.38. The molecule has 2 aromatic heterocycles. The van der Waals surface area contributed by atoms with Crippen molar-refractivity contribution in [2.24, 2.45) is 5.73 Å². The first kappa shape index (κ1) is 16.7. The molecule has 4 aromatic rings. The third kappa shape index (κ3) is 2.94. The van der Waals surface area contributed by atoms with E-state index in [9.17, 15) is 5.11 Å². The highest BCUT2D eigenvalue weighted by Gasteiger charge is 2.21. The molecule has 0 fully saturated rings. The molecule has 26 heavy (non-hydrogen) atoms. The van der Waals surface area contributed by atoms with Crippen LogP contribution in [-0.4, -0.2) is 31.3 Å². The molecule has 0 saturated carbocycles. The number of aliphatic hydroxyl groups is 1. The van der Waals surface area contributed by atoms with Crippen molar-refractivity contribution in [3.8, 4) is 22.5 Å². The van der Waals surface area contributed by atoms with Gasteiger partial charge in [0.05, 0.1) is 17.0 Å². The van der Waals surface area contributed by atoms with E-state index in [4.69, 9.17) is 17.3 Å². The number of nitrogens with two attached hydrogens (primary N) is 1. The Kier molecular flexibility index (Phi) is 4.38. The number of rotatable bonds is 4. The molecule has 2 aromatic carbocycles. The smallest absolute Gasteiger partial charge is 0.182 e. The Labute approximate surface area is 154 Å². The Morgan fingerprint density at radius 2 is 1.50 bits per heavy atom. The van der Waals surface area contributed by atoms with Crippen molar-refractivity contribution in [3.05, 3.63) is 65.7 Å². The van der Waals surface area contributed by atoms with E-state index in [2.05, 4.69) is 15.3 Å². The number of fused-ring (bicyclic) bond motifs is 1. The predicted molar refractivity (Wildman–Crippen MR) is 101 cm³/mol. The van der Waals surface area contributed by atoms with E-state index in [0.717, 1.165) is 11.1 Å². The Hall–Kier alpha value is -2.80. The van der Waals surface area contributed by atoms with E-state index in [1.807, 2.05) is 60.7 Å². The van der Waals surface area contributed by atoms with Gasteiger partial charge >= 0.3 is 0 Å².